The summed E-state index contributed by atoms with van der Waals surface area (Å²) in [5, 5.41) is 0.554. The molecule has 2 rings (SSSR count). The molecule has 1 aromatic rings. The molecule has 1 aliphatic rings. The van der Waals surface area contributed by atoms with Crippen molar-refractivity contribution in [3.05, 3.63) is 34.9 Å². The number of hydrogen-bond donors (Lipinski definition) is 1. The number of rotatable bonds is 4. The quantitative estimate of drug-likeness (QED) is 0.917. The predicted octanol–water partition coefficient (Wildman–Crippen LogP) is 1.61. The van der Waals surface area contributed by atoms with Gasteiger partial charge in [-0.2, -0.15) is 0 Å². The lowest BCUT2D eigenvalue weighted by Crippen LogP contribution is -2.36. The van der Waals surface area contributed by atoms with Crippen LogP contribution in [0.2, 0.25) is 5.02 Å². The van der Waals surface area contributed by atoms with Gasteiger partial charge in [0, 0.05) is 24.5 Å². The summed E-state index contributed by atoms with van der Waals surface area (Å²) in [5.41, 5.74) is 6.11. The van der Waals surface area contributed by atoms with E-state index in [4.69, 9.17) is 22.1 Å². The Kier molecular flexibility index (Phi) is 5.60. The Balaban J connectivity index is 0.00000180. The summed E-state index contributed by atoms with van der Waals surface area (Å²) in [6.07, 6.45) is -1.16. The van der Waals surface area contributed by atoms with Crippen LogP contribution in [0.15, 0.2) is 24.3 Å². The molecule has 1 aromatic carbocycles. The zero-order valence-electron chi connectivity index (χ0n) is 10.0. The molecule has 0 radical (unpaired) electrons. The number of imide groups is 1. The maximum Gasteiger partial charge on any atom is 0.417 e. The molecular weight excluding hydrogens is 291 g/mol. The van der Waals surface area contributed by atoms with Gasteiger partial charge in [0.15, 0.2) is 6.10 Å². The highest BCUT2D eigenvalue weighted by atomic mass is 35.5. The van der Waals surface area contributed by atoms with E-state index in [-0.39, 0.29) is 37.8 Å². The van der Waals surface area contributed by atoms with Gasteiger partial charge in [0.1, 0.15) is 0 Å². The lowest BCUT2D eigenvalue weighted by Gasteiger charge is -2.09. The van der Waals surface area contributed by atoms with Crippen LogP contribution >= 0.6 is 24.0 Å². The van der Waals surface area contributed by atoms with E-state index < -0.39 is 12.2 Å². The van der Waals surface area contributed by atoms with Crippen LogP contribution in [0.3, 0.4) is 0 Å². The summed E-state index contributed by atoms with van der Waals surface area (Å²) in [6, 6.07) is 7.15. The third-order valence-electron chi connectivity index (χ3n) is 2.72. The third kappa shape index (κ3) is 3.37. The molecule has 0 spiro atoms. The molecule has 5 nitrogen and oxygen atoms in total. The molecule has 7 heteroatoms. The van der Waals surface area contributed by atoms with E-state index in [1.54, 1.807) is 18.2 Å². The number of benzene rings is 1. The number of halogens is 2. The van der Waals surface area contributed by atoms with E-state index in [1.807, 2.05) is 6.07 Å². The molecule has 2 N–H and O–H groups in total. The molecule has 2 amide bonds. The molecule has 0 aliphatic carbocycles. The summed E-state index contributed by atoms with van der Waals surface area (Å²) in [4.78, 5) is 24.4. The van der Waals surface area contributed by atoms with E-state index in [0.29, 0.717) is 5.02 Å². The Morgan fingerprint density at radius 2 is 2.00 bits per heavy atom. The number of hydrogen-bond acceptors (Lipinski definition) is 4. The van der Waals surface area contributed by atoms with Crippen LogP contribution in [0.4, 0.5) is 4.79 Å². The lowest BCUT2D eigenvalue weighted by molar-refractivity contribution is -0.129. The van der Waals surface area contributed by atoms with Crippen LogP contribution in [0, 0.1) is 0 Å². The highest BCUT2D eigenvalue weighted by Gasteiger charge is 2.40. The molecule has 104 valence electrons. The Morgan fingerprint density at radius 3 is 2.63 bits per heavy atom. The van der Waals surface area contributed by atoms with Crippen LogP contribution < -0.4 is 5.73 Å². The minimum Gasteiger partial charge on any atom is -0.435 e. The molecule has 1 saturated heterocycles. The van der Waals surface area contributed by atoms with Crippen molar-refractivity contribution in [2.45, 2.75) is 12.5 Å². The molecule has 0 saturated carbocycles. The number of carbonyl (C=O) groups is 2. The number of carbonyl (C=O) groups excluding carboxylic acids is 2. The number of amides is 2. The second-order valence-corrected chi connectivity index (χ2v) is 4.35. The third-order valence-corrected chi connectivity index (χ3v) is 3.09. The van der Waals surface area contributed by atoms with Gasteiger partial charge in [0.05, 0.1) is 0 Å². The van der Waals surface area contributed by atoms with Crippen LogP contribution in [0.1, 0.15) is 5.56 Å². The lowest BCUT2D eigenvalue weighted by atomic mass is 10.1. The average molecular weight is 305 g/mol. The first-order chi connectivity index (χ1) is 8.63. The molecule has 0 aromatic heterocycles. The van der Waals surface area contributed by atoms with Crippen molar-refractivity contribution >= 4 is 36.0 Å². The van der Waals surface area contributed by atoms with Crippen molar-refractivity contribution < 1.29 is 14.3 Å². The molecular formula is C12H14Cl2N2O3. The first-order valence-electron chi connectivity index (χ1n) is 5.59. The molecule has 1 heterocycles. The monoisotopic (exact) mass is 304 g/mol. The van der Waals surface area contributed by atoms with Crippen molar-refractivity contribution in [1.29, 1.82) is 0 Å². The molecule has 1 unspecified atom stereocenters. The van der Waals surface area contributed by atoms with E-state index in [9.17, 15) is 9.59 Å². The normalized spacial score (nSPS) is 18.2. The van der Waals surface area contributed by atoms with Gasteiger partial charge in [0.25, 0.3) is 5.91 Å². The number of nitrogens with zero attached hydrogens (tertiary/aromatic N) is 1. The highest BCUT2D eigenvalue weighted by molar-refractivity contribution is 6.31. The maximum atomic E-state index is 11.9. The summed E-state index contributed by atoms with van der Waals surface area (Å²) >= 11 is 6.00. The molecule has 1 atom stereocenters. The Hall–Kier alpha value is -1.30. The van der Waals surface area contributed by atoms with E-state index in [1.165, 1.54) is 0 Å². The van der Waals surface area contributed by atoms with Crippen molar-refractivity contribution in [3.8, 4) is 0 Å². The van der Waals surface area contributed by atoms with Gasteiger partial charge in [-0.3, -0.25) is 4.79 Å². The number of cyclic esters (lactones) is 1. The predicted molar refractivity (Wildman–Crippen MR) is 73.4 cm³/mol. The molecule has 0 bridgehead atoms. The first-order valence-corrected chi connectivity index (χ1v) is 5.96. The zero-order valence-corrected chi connectivity index (χ0v) is 11.6. The highest BCUT2D eigenvalue weighted by Crippen LogP contribution is 2.21. The second-order valence-electron chi connectivity index (χ2n) is 3.95. The van der Waals surface area contributed by atoms with Gasteiger partial charge in [-0.15, -0.1) is 12.4 Å². The van der Waals surface area contributed by atoms with Crippen molar-refractivity contribution in [2.75, 3.05) is 13.1 Å². The largest absolute Gasteiger partial charge is 0.435 e. The molecule has 1 aliphatic heterocycles. The summed E-state index contributed by atoms with van der Waals surface area (Å²) in [5.74, 6) is -0.356. The summed E-state index contributed by atoms with van der Waals surface area (Å²) < 4.78 is 5.02. The van der Waals surface area contributed by atoms with Crippen molar-refractivity contribution in [2.24, 2.45) is 5.73 Å². The smallest absolute Gasteiger partial charge is 0.417 e. The summed E-state index contributed by atoms with van der Waals surface area (Å²) in [7, 11) is 0. The maximum absolute atomic E-state index is 11.9. The fourth-order valence-corrected chi connectivity index (χ4v) is 2.04. The van der Waals surface area contributed by atoms with Gasteiger partial charge in [-0.25, -0.2) is 9.69 Å². The average Bonchev–Trinajstić information content (AvgIpc) is 2.60. The Labute approximate surface area is 122 Å². The van der Waals surface area contributed by atoms with Gasteiger partial charge < -0.3 is 10.5 Å². The SMILES string of the molecule is Cl.NCCN1C(=O)OC(Cc2ccccc2Cl)C1=O. The van der Waals surface area contributed by atoms with Crippen molar-refractivity contribution in [3.63, 3.8) is 0 Å². The standard InChI is InChI=1S/C12H13ClN2O3.ClH/c13-9-4-2-1-3-8(9)7-10-11(16)15(6-5-14)12(17)18-10;/h1-4,10H,5-7,14H2;1H. The van der Waals surface area contributed by atoms with Gasteiger partial charge in [-0.05, 0) is 11.6 Å². The molecule has 1 fully saturated rings. The zero-order chi connectivity index (χ0) is 13.1. The fourth-order valence-electron chi connectivity index (χ4n) is 1.82. The number of ether oxygens (including phenoxy) is 1. The van der Waals surface area contributed by atoms with Crippen LogP contribution in [-0.4, -0.2) is 36.1 Å². The van der Waals surface area contributed by atoms with Crippen LogP contribution in [-0.2, 0) is 16.0 Å². The van der Waals surface area contributed by atoms with Gasteiger partial charge in [-0.1, -0.05) is 29.8 Å². The van der Waals surface area contributed by atoms with Crippen LogP contribution in [0.25, 0.3) is 0 Å². The minimum atomic E-state index is -0.802. The fraction of sp³-hybridized carbons (Fsp3) is 0.333. The first kappa shape index (κ1) is 15.8. The van der Waals surface area contributed by atoms with E-state index in [0.717, 1.165) is 10.5 Å². The topological polar surface area (TPSA) is 72.6 Å². The van der Waals surface area contributed by atoms with Gasteiger partial charge in [0.2, 0.25) is 0 Å². The number of nitrogens with two attached hydrogens (primary N) is 1. The Morgan fingerprint density at radius 1 is 1.32 bits per heavy atom. The van der Waals surface area contributed by atoms with Gasteiger partial charge >= 0.3 is 6.09 Å². The Bertz CT molecular complexity index is 482. The van der Waals surface area contributed by atoms with E-state index >= 15 is 0 Å². The minimum absolute atomic E-state index is 0. The van der Waals surface area contributed by atoms with E-state index in [2.05, 4.69) is 0 Å². The van der Waals surface area contributed by atoms with Crippen LogP contribution in [0.5, 0.6) is 0 Å². The molecule has 19 heavy (non-hydrogen) atoms. The van der Waals surface area contributed by atoms with Crippen molar-refractivity contribution in [1.82, 2.24) is 4.90 Å². The summed E-state index contributed by atoms with van der Waals surface area (Å²) in [6.45, 7) is 0.399. The second kappa shape index (κ2) is 6.75.